The summed E-state index contributed by atoms with van der Waals surface area (Å²) in [5, 5.41) is 11.7. The second-order valence-electron chi connectivity index (χ2n) is 8.01. The minimum absolute atomic E-state index is 0.0494. The second-order valence-corrected chi connectivity index (χ2v) is 8.01. The van der Waals surface area contributed by atoms with Crippen LogP contribution in [0.2, 0.25) is 0 Å². The van der Waals surface area contributed by atoms with Crippen LogP contribution in [0, 0.1) is 5.92 Å². The lowest BCUT2D eigenvalue weighted by Crippen LogP contribution is -2.43. The Bertz CT molecular complexity index is 738. The van der Waals surface area contributed by atoms with Gasteiger partial charge in [0.15, 0.2) is 0 Å². The van der Waals surface area contributed by atoms with E-state index in [9.17, 15) is 4.79 Å². The topological polar surface area (TPSA) is 63.1 Å². The summed E-state index contributed by atoms with van der Waals surface area (Å²) in [6, 6.07) is 6.50. The molecule has 26 heavy (non-hydrogen) atoms. The summed E-state index contributed by atoms with van der Waals surface area (Å²) in [4.78, 5) is 14.7. The molecule has 0 saturated heterocycles. The van der Waals surface area contributed by atoms with Crippen LogP contribution in [0.5, 0.6) is 0 Å². The molecular formula is C20H31N5O. The summed E-state index contributed by atoms with van der Waals surface area (Å²) in [5.74, 6) is 0.426. The molecule has 1 aromatic heterocycles. The van der Waals surface area contributed by atoms with Gasteiger partial charge in [-0.05, 0) is 51.1 Å². The van der Waals surface area contributed by atoms with Gasteiger partial charge in [0.1, 0.15) is 5.52 Å². The number of hydrogen-bond acceptors (Lipinski definition) is 4. The van der Waals surface area contributed by atoms with Crippen molar-refractivity contribution >= 4 is 16.9 Å². The van der Waals surface area contributed by atoms with E-state index < -0.39 is 0 Å². The lowest BCUT2D eigenvalue weighted by molar-refractivity contribution is 0.0935. The van der Waals surface area contributed by atoms with Crippen LogP contribution in [0.15, 0.2) is 18.2 Å². The number of carbonyl (C=O) groups excluding carboxylic acids is 1. The van der Waals surface area contributed by atoms with E-state index in [1.165, 1.54) is 32.1 Å². The van der Waals surface area contributed by atoms with E-state index >= 15 is 0 Å². The van der Waals surface area contributed by atoms with Gasteiger partial charge in [-0.2, -0.15) is 0 Å². The summed E-state index contributed by atoms with van der Waals surface area (Å²) in [6.45, 7) is 4.98. The maximum absolute atomic E-state index is 12.6. The molecule has 142 valence electrons. The third kappa shape index (κ3) is 4.06. The van der Waals surface area contributed by atoms with Crippen LogP contribution in [0.1, 0.15) is 62.4 Å². The van der Waals surface area contributed by atoms with E-state index in [-0.39, 0.29) is 5.91 Å². The molecule has 6 nitrogen and oxygen atoms in total. The Labute approximate surface area is 155 Å². The SMILES string of the molecule is CC(C)[C@H](CNC(=O)c1ccc2c(c1)nnn2C1CCCCC1)N(C)C. The number of benzene rings is 1. The van der Waals surface area contributed by atoms with Crippen LogP contribution in [0.4, 0.5) is 0 Å². The number of carbonyl (C=O) groups is 1. The number of likely N-dealkylation sites (N-methyl/N-ethyl adjacent to an activating group) is 1. The lowest BCUT2D eigenvalue weighted by Gasteiger charge is -2.28. The fourth-order valence-electron chi connectivity index (χ4n) is 3.99. The highest BCUT2D eigenvalue weighted by molar-refractivity contribution is 5.97. The van der Waals surface area contributed by atoms with Crippen molar-refractivity contribution < 1.29 is 4.79 Å². The van der Waals surface area contributed by atoms with Crippen molar-refractivity contribution in [2.24, 2.45) is 5.92 Å². The molecule has 0 aliphatic heterocycles. The fourth-order valence-corrected chi connectivity index (χ4v) is 3.99. The highest BCUT2D eigenvalue weighted by Gasteiger charge is 2.20. The number of amides is 1. The molecule has 1 fully saturated rings. The number of rotatable bonds is 6. The molecule has 6 heteroatoms. The minimum Gasteiger partial charge on any atom is -0.350 e. The van der Waals surface area contributed by atoms with Crippen LogP contribution in [0.25, 0.3) is 11.0 Å². The van der Waals surface area contributed by atoms with Crippen molar-refractivity contribution in [2.75, 3.05) is 20.6 Å². The van der Waals surface area contributed by atoms with E-state index in [2.05, 4.69) is 39.1 Å². The highest BCUT2D eigenvalue weighted by Crippen LogP contribution is 2.29. The van der Waals surface area contributed by atoms with Crippen LogP contribution in [0.3, 0.4) is 0 Å². The molecule has 3 rings (SSSR count). The van der Waals surface area contributed by atoms with E-state index in [0.717, 1.165) is 11.0 Å². The second kappa shape index (κ2) is 8.16. The summed E-state index contributed by atoms with van der Waals surface area (Å²) < 4.78 is 2.05. The Balaban J connectivity index is 1.71. The molecule has 1 aliphatic rings. The molecule has 1 aliphatic carbocycles. The molecule has 0 unspecified atom stereocenters. The zero-order valence-electron chi connectivity index (χ0n) is 16.4. The molecule has 2 aromatic rings. The Morgan fingerprint density at radius 3 is 2.65 bits per heavy atom. The zero-order valence-corrected chi connectivity index (χ0v) is 16.4. The van der Waals surface area contributed by atoms with Crippen molar-refractivity contribution in [1.29, 1.82) is 0 Å². The number of fused-ring (bicyclic) bond motifs is 1. The normalized spacial score (nSPS) is 17.2. The van der Waals surface area contributed by atoms with Crippen molar-refractivity contribution in [1.82, 2.24) is 25.2 Å². The molecule has 1 amide bonds. The lowest BCUT2D eigenvalue weighted by atomic mass is 9.95. The summed E-state index contributed by atoms with van der Waals surface area (Å²) >= 11 is 0. The average Bonchev–Trinajstić information content (AvgIpc) is 3.05. The Hall–Kier alpha value is -1.95. The third-order valence-corrected chi connectivity index (χ3v) is 5.56. The Morgan fingerprint density at radius 1 is 1.27 bits per heavy atom. The van der Waals surface area contributed by atoms with Gasteiger partial charge in [0, 0.05) is 18.2 Å². The highest BCUT2D eigenvalue weighted by atomic mass is 16.1. The largest absolute Gasteiger partial charge is 0.350 e. The van der Waals surface area contributed by atoms with Crippen molar-refractivity contribution in [3.8, 4) is 0 Å². The predicted octanol–water partition coefficient (Wildman–Crippen LogP) is 3.25. The van der Waals surface area contributed by atoms with Gasteiger partial charge in [-0.3, -0.25) is 4.79 Å². The smallest absolute Gasteiger partial charge is 0.251 e. The first-order valence-corrected chi connectivity index (χ1v) is 9.77. The summed E-state index contributed by atoms with van der Waals surface area (Å²) in [7, 11) is 4.10. The van der Waals surface area contributed by atoms with E-state index in [0.29, 0.717) is 30.1 Å². The van der Waals surface area contributed by atoms with Crippen molar-refractivity contribution in [2.45, 2.75) is 58.0 Å². The monoisotopic (exact) mass is 357 g/mol. The third-order valence-electron chi connectivity index (χ3n) is 5.56. The number of aromatic nitrogens is 3. The zero-order chi connectivity index (χ0) is 18.7. The molecule has 1 heterocycles. The van der Waals surface area contributed by atoms with E-state index in [1.807, 2.05) is 32.3 Å². The first-order valence-electron chi connectivity index (χ1n) is 9.77. The molecule has 0 spiro atoms. The molecule has 0 radical (unpaired) electrons. The van der Waals surface area contributed by atoms with Gasteiger partial charge in [0.25, 0.3) is 5.91 Å². The van der Waals surface area contributed by atoms with Crippen LogP contribution in [-0.4, -0.2) is 52.5 Å². The van der Waals surface area contributed by atoms with Gasteiger partial charge in [-0.25, -0.2) is 4.68 Å². The van der Waals surface area contributed by atoms with Gasteiger partial charge < -0.3 is 10.2 Å². The number of nitrogens with one attached hydrogen (secondary N) is 1. The van der Waals surface area contributed by atoms with Crippen molar-refractivity contribution in [3.05, 3.63) is 23.8 Å². The molecule has 1 N–H and O–H groups in total. The van der Waals surface area contributed by atoms with Gasteiger partial charge in [0.05, 0.1) is 11.6 Å². The van der Waals surface area contributed by atoms with Gasteiger partial charge in [-0.1, -0.05) is 38.3 Å². The van der Waals surface area contributed by atoms with E-state index in [1.54, 1.807) is 0 Å². The predicted molar refractivity (Wildman–Crippen MR) is 104 cm³/mol. The Morgan fingerprint density at radius 2 is 2.00 bits per heavy atom. The molecular weight excluding hydrogens is 326 g/mol. The van der Waals surface area contributed by atoms with Crippen molar-refractivity contribution in [3.63, 3.8) is 0 Å². The van der Waals surface area contributed by atoms with Gasteiger partial charge >= 0.3 is 0 Å². The minimum atomic E-state index is -0.0494. The first kappa shape index (κ1) is 18.8. The average molecular weight is 358 g/mol. The summed E-state index contributed by atoms with van der Waals surface area (Å²) in [6.07, 6.45) is 6.17. The van der Waals surface area contributed by atoms with Crippen LogP contribution < -0.4 is 5.32 Å². The molecule has 0 bridgehead atoms. The van der Waals surface area contributed by atoms with Gasteiger partial charge in [0.2, 0.25) is 0 Å². The quantitative estimate of drug-likeness (QED) is 0.862. The Kier molecular flexibility index (Phi) is 5.91. The van der Waals surface area contributed by atoms with E-state index in [4.69, 9.17) is 0 Å². The molecule has 1 atom stereocenters. The number of nitrogens with zero attached hydrogens (tertiary/aromatic N) is 4. The van der Waals surface area contributed by atoms with Crippen LogP contribution >= 0.6 is 0 Å². The summed E-state index contributed by atoms with van der Waals surface area (Å²) in [5.41, 5.74) is 2.48. The number of hydrogen-bond donors (Lipinski definition) is 1. The maximum Gasteiger partial charge on any atom is 0.251 e. The maximum atomic E-state index is 12.6. The van der Waals surface area contributed by atoms with Gasteiger partial charge in [-0.15, -0.1) is 5.10 Å². The fraction of sp³-hybridized carbons (Fsp3) is 0.650. The standard InChI is InChI=1S/C20H31N5O/c1-14(2)19(24(3)4)13-21-20(26)15-10-11-18-17(12-15)22-23-25(18)16-8-6-5-7-9-16/h10-12,14,16,19H,5-9,13H2,1-4H3,(H,21,26)/t19-/m0/s1. The molecule has 1 aromatic carbocycles. The first-order chi connectivity index (χ1) is 12.5. The molecule has 1 saturated carbocycles. The van der Waals surface area contributed by atoms with Crippen LogP contribution in [-0.2, 0) is 0 Å².